The number of hydrogen-bond acceptors (Lipinski definition) is 9. The van der Waals surface area contributed by atoms with E-state index >= 15 is 0 Å². The molecular weight excluding hydrogens is 637 g/mol. The quantitative estimate of drug-likeness (QED) is 0.189. The molecule has 3 N–H and O–H groups in total. The van der Waals surface area contributed by atoms with Gasteiger partial charge >= 0.3 is 11.9 Å². The number of esters is 2. The zero-order valence-corrected chi connectivity index (χ0v) is 27.6. The monoisotopic (exact) mass is 671 g/mol. The summed E-state index contributed by atoms with van der Waals surface area (Å²) in [5.41, 5.74) is 9.31. The van der Waals surface area contributed by atoms with Gasteiger partial charge in [-0.3, -0.25) is 15.0 Å². The van der Waals surface area contributed by atoms with Crippen LogP contribution in [0.1, 0.15) is 49.4 Å². The second kappa shape index (κ2) is 14.3. The van der Waals surface area contributed by atoms with Crippen molar-refractivity contribution >= 4 is 17.6 Å². The number of hydrogen-bond donors (Lipinski definition) is 2. The van der Waals surface area contributed by atoms with Crippen molar-refractivity contribution < 1.29 is 56.7 Å². The second-order valence-corrected chi connectivity index (χ2v) is 10.9. The van der Waals surface area contributed by atoms with Gasteiger partial charge in [0, 0.05) is 63.6 Å². The Kier molecular flexibility index (Phi) is 10.7. The molecule has 225 valence electrons. The molecule has 0 amide bonds. The number of likely N-dealkylation sites (tertiary alicyclic amines) is 1. The molecule has 1 radical (unpaired) electrons. The summed E-state index contributed by atoms with van der Waals surface area (Å²) in [7, 11) is 0. The van der Waals surface area contributed by atoms with E-state index in [0.717, 1.165) is 11.1 Å². The van der Waals surface area contributed by atoms with Gasteiger partial charge < -0.3 is 20.5 Å². The summed E-state index contributed by atoms with van der Waals surface area (Å²) in [6, 6.07) is 26.0. The number of carbonyl (C=O) groups excluding carboxylic acids is 2. The standard InChI is InChI=1S/C33H34N4O6.Y/c1-20(2)42-32(38)27-21(3)35-31(34)29(28(27)24-15-10-16-25(17-24)37(40)41)33(39)43-26-18-36(19-26)30(22-11-6-4-7-12-22)23-13-8-5-9-14-23;/h4-17,20,26,28,30,35H,18-19,34H2,1-3H3;. The van der Waals surface area contributed by atoms with Crippen molar-refractivity contribution in [2.24, 2.45) is 5.73 Å². The summed E-state index contributed by atoms with van der Waals surface area (Å²) in [4.78, 5) is 40.4. The molecule has 3 aromatic carbocycles. The van der Waals surface area contributed by atoms with E-state index in [2.05, 4.69) is 34.5 Å². The first-order valence-electron chi connectivity index (χ1n) is 14.1. The molecule has 2 aliphatic heterocycles. The van der Waals surface area contributed by atoms with Gasteiger partial charge in [-0.25, -0.2) is 9.59 Å². The Bertz CT molecular complexity index is 1550. The number of allylic oxidation sites excluding steroid dienone is 1. The SMILES string of the molecule is CC1=C(C(=O)OC(C)C)C(c2cccc([N+](=O)[O-])c2)C(C(=O)OC2CN(C(c3ccccc3)c3ccccc3)C2)=C(N)N1.[Y]. The van der Waals surface area contributed by atoms with Gasteiger partial charge in [-0.2, -0.15) is 0 Å². The number of nitrogens with one attached hydrogen (secondary N) is 1. The molecule has 0 bridgehead atoms. The van der Waals surface area contributed by atoms with Crippen LogP contribution in [0.15, 0.2) is 108 Å². The zero-order valence-electron chi connectivity index (χ0n) is 24.8. The van der Waals surface area contributed by atoms with Crippen molar-refractivity contribution in [1.82, 2.24) is 10.2 Å². The van der Waals surface area contributed by atoms with Crippen LogP contribution in [0, 0.1) is 10.1 Å². The predicted molar refractivity (Wildman–Crippen MR) is 160 cm³/mol. The van der Waals surface area contributed by atoms with Crippen LogP contribution in [0.4, 0.5) is 5.69 Å². The first kappa shape index (κ1) is 33.0. The Labute approximate surface area is 281 Å². The van der Waals surface area contributed by atoms with Gasteiger partial charge in [-0.05, 0) is 37.5 Å². The van der Waals surface area contributed by atoms with Crippen molar-refractivity contribution in [3.8, 4) is 0 Å². The summed E-state index contributed by atoms with van der Waals surface area (Å²) < 4.78 is 11.5. The number of nitrogens with two attached hydrogens (primary N) is 1. The summed E-state index contributed by atoms with van der Waals surface area (Å²) in [6.07, 6.45) is -0.855. The van der Waals surface area contributed by atoms with Crippen molar-refractivity contribution in [2.75, 3.05) is 13.1 Å². The maximum absolute atomic E-state index is 13.8. The second-order valence-electron chi connectivity index (χ2n) is 10.9. The third-order valence-electron chi connectivity index (χ3n) is 7.54. The van der Waals surface area contributed by atoms with Crippen LogP contribution in [0.25, 0.3) is 0 Å². The number of nitro groups is 1. The number of rotatable bonds is 9. The average Bonchev–Trinajstić information content (AvgIpc) is 2.96. The minimum atomic E-state index is -1.03. The van der Waals surface area contributed by atoms with Gasteiger partial charge in [0.15, 0.2) is 0 Å². The largest absolute Gasteiger partial charge is 0.460 e. The minimum Gasteiger partial charge on any atom is -0.460 e. The van der Waals surface area contributed by atoms with E-state index in [1.165, 1.54) is 18.2 Å². The smallest absolute Gasteiger partial charge is 0.339 e. The third kappa shape index (κ3) is 7.09. The molecule has 11 heteroatoms. The average molecular weight is 672 g/mol. The number of nitrogens with zero attached hydrogens (tertiary/aromatic N) is 2. The van der Waals surface area contributed by atoms with E-state index in [4.69, 9.17) is 15.2 Å². The van der Waals surface area contributed by atoms with E-state index in [-0.39, 0.29) is 61.4 Å². The molecule has 1 atom stereocenters. The maximum atomic E-state index is 13.8. The summed E-state index contributed by atoms with van der Waals surface area (Å²) in [6.45, 7) is 6.05. The van der Waals surface area contributed by atoms with Gasteiger partial charge in [0.2, 0.25) is 0 Å². The molecule has 10 nitrogen and oxygen atoms in total. The molecular formula is C33H34N4O6Y. The zero-order chi connectivity index (χ0) is 30.7. The number of benzene rings is 3. The van der Waals surface area contributed by atoms with Gasteiger partial charge in [0.25, 0.3) is 5.69 Å². The molecule has 1 saturated heterocycles. The molecule has 0 aliphatic carbocycles. The topological polar surface area (TPSA) is 137 Å². The molecule has 0 spiro atoms. The summed E-state index contributed by atoms with van der Waals surface area (Å²) >= 11 is 0. The number of ether oxygens (including phenoxy) is 2. The van der Waals surface area contributed by atoms with Crippen molar-refractivity contribution in [2.45, 2.75) is 44.9 Å². The van der Waals surface area contributed by atoms with E-state index in [0.29, 0.717) is 24.4 Å². The molecule has 3 aromatic rings. The van der Waals surface area contributed by atoms with Gasteiger partial charge in [0.05, 0.1) is 34.1 Å². The van der Waals surface area contributed by atoms with Crippen LogP contribution < -0.4 is 11.1 Å². The van der Waals surface area contributed by atoms with E-state index in [9.17, 15) is 19.7 Å². The summed E-state index contributed by atoms with van der Waals surface area (Å²) in [5, 5.41) is 14.5. The van der Waals surface area contributed by atoms with Crippen LogP contribution in [-0.2, 0) is 51.8 Å². The Hall–Kier alpha value is -3.86. The number of carbonyl (C=O) groups is 2. The van der Waals surface area contributed by atoms with Crippen LogP contribution in [-0.4, -0.2) is 47.1 Å². The fourth-order valence-corrected chi connectivity index (χ4v) is 5.64. The van der Waals surface area contributed by atoms with Gasteiger partial charge in [-0.1, -0.05) is 72.8 Å². The van der Waals surface area contributed by atoms with E-state index < -0.39 is 35.0 Å². The Morgan fingerprint density at radius 1 is 0.932 bits per heavy atom. The molecule has 1 unspecified atom stereocenters. The van der Waals surface area contributed by atoms with Crippen molar-refractivity contribution in [1.29, 1.82) is 0 Å². The Balaban J connectivity index is 0.00000442. The van der Waals surface area contributed by atoms with Crippen LogP contribution >= 0.6 is 0 Å². The van der Waals surface area contributed by atoms with Crippen LogP contribution in [0.3, 0.4) is 0 Å². The summed E-state index contributed by atoms with van der Waals surface area (Å²) in [5.74, 6) is -2.37. The third-order valence-corrected chi connectivity index (χ3v) is 7.54. The van der Waals surface area contributed by atoms with Crippen LogP contribution in [0.2, 0.25) is 0 Å². The first-order valence-corrected chi connectivity index (χ1v) is 14.1. The Morgan fingerprint density at radius 2 is 1.52 bits per heavy atom. The number of non-ortho nitro benzene ring substituents is 1. The predicted octanol–water partition coefficient (Wildman–Crippen LogP) is 4.69. The first-order chi connectivity index (χ1) is 20.6. The molecule has 1 fully saturated rings. The van der Waals surface area contributed by atoms with E-state index in [1.54, 1.807) is 26.8 Å². The van der Waals surface area contributed by atoms with Crippen molar-refractivity contribution in [3.05, 3.63) is 134 Å². The van der Waals surface area contributed by atoms with Gasteiger partial charge in [-0.15, -0.1) is 0 Å². The number of dihydropyridines is 1. The molecule has 2 heterocycles. The maximum Gasteiger partial charge on any atom is 0.339 e. The Morgan fingerprint density at radius 3 is 2.07 bits per heavy atom. The van der Waals surface area contributed by atoms with Gasteiger partial charge in [0.1, 0.15) is 11.9 Å². The van der Waals surface area contributed by atoms with Crippen LogP contribution in [0.5, 0.6) is 0 Å². The molecule has 5 rings (SSSR count). The van der Waals surface area contributed by atoms with E-state index in [1.807, 2.05) is 36.4 Å². The molecule has 2 aliphatic rings. The molecule has 44 heavy (non-hydrogen) atoms. The normalized spacial score (nSPS) is 17.1. The molecule has 0 aromatic heterocycles. The number of nitro benzene ring substituents is 1. The minimum absolute atomic E-state index is 0. The fraction of sp³-hybridized carbons (Fsp3) is 0.273. The molecule has 0 saturated carbocycles. The van der Waals surface area contributed by atoms with Crippen molar-refractivity contribution in [3.63, 3.8) is 0 Å². The fourth-order valence-electron chi connectivity index (χ4n) is 5.64.